The number of nitrogens with one attached hydrogen (secondary N) is 2. The standard InChI is InChI=1S/C15H23F2N3.HI/c1-3-4-5-7-19-15(18-2)20-8-6-12-9-13(16)11-14(17)10-12;/h9-11H,3-8H2,1-2H3,(H2,18,19,20);1H. The lowest BCUT2D eigenvalue weighted by Gasteiger charge is -2.11. The summed E-state index contributed by atoms with van der Waals surface area (Å²) in [5.41, 5.74) is 0.636. The van der Waals surface area contributed by atoms with Crippen molar-refractivity contribution in [2.45, 2.75) is 32.6 Å². The second kappa shape index (κ2) is 11.7. The van der Waals surface area contributed by atoms with E-state index >= 15 is 0 Å². The van der Waals surface area contributed by atoms with Gasteiger partial charge < -0.3 is 10.6 Å². The molecule has 3 nitrogen and oxygen atoms in total. The van der Waals surface area contributed by atoms with Gasteiger partial charge in [-0.15, -0.1) is 24.0 Å². The zero-order valence-corrected chi connectivity index (χ0v) is 14.9. The van der Waals surface area contributed by atoms with Crippen LogP contribution in [0.3, 0.4) is 0 Å². The van der Waals surface area contributed by atoms with E-state index in [2.05, 4.69) is 22.5 Å². The van der Waals surface area contributed by atoms with E-state index in [0.29, 0.717) is 18.5 Å². The first-order valence-electron chi connectivity index (χ1n) is 7.05. The Balaban J connectivity index is 0.00000400. The van der Waals surface area contributed by atoms with E-state index in [1.807, 2.05) is 0 Å². The summed E-state index contributed by atoms with van der Waals surface area (Å²) in [5, 5.41) is 6.33. The van der Waals surface area contributed by atoms with Gasteiger partial charge in [-0.2, -0.15) is 0 Å². The highest BCUT2D eigenvalue weighted by Crippen LogP contribution is 2.07. The number of hydrogen-bond donors (Lipinski definition) is 2. The topological polar surface area (TPSA) is 36.4 Å². The van der Waals surface area contributed by atoms with Crippen molar-refractivity contribution in [2.24, 2.45) is 4.99 Å². The van der Waals surface area contributed by atoms with Gasteiger partial charge >= 0.3 is 0 Å². The molecule has 0 aliphatic carbocycles. The lowest BCUT2D eigenvalue weighted by Crippen LogP contribution is -2.38. The van der Waals surface area contributed by atoms with Crippen LogP contribution in [0.25, 0.3) is 0 Å². The van der Waals surface area contributed by atoms with Gasteiger partial charge in [0.2, 0.25) is 0 Å². The average molecular weight is 411 g/mol. The largest absolute Gasteiger partial charge is 0.356 e. The number of unbranched alkanes of at least 4 members (excludes halogenated alkanes) is 2. The molecule has 1 aromatic rings. The third kappa shape index (κ3) is 8.85. The molecule has 0 aliphatic rings. The SMILES string of the molecule is CCCCCNC(=NC)NCCc1cc(F)cc(F)c1.I. The Morgan fingerprint density at radius 2 is 1.67 bits per heavy atom. The maximum Gasteiger partial charge on any atom is 0.190 e. The Morgan fingerprint density at radius 1 is 1.05 bits per heavy atom. The smallest absolute Gasteiger partial charge is 0.190 e. The van der Waals surface area contributed by atoms with Gasteiger partial charge in [0.25, 0.3) is 0 Å². The molecule has 0 aromatic heterocycles. The molecule has 0 bridgehead atoms. The molecule has 1 rings (SSSR count). The van der Waals surface area contributed by atoms with Gasteiger partial charge in [0, 0.05) is 26.2 Å². The fourth-order valence-corrected chi connectivity index (χ4v) is 1.88. The Kier molecular flexibility index (Phi) is 11.2. The van der Waals surface area contributed by atoms with E-state index in [9.17, 15) is 8.78 Å². The predicted molar refractivity (Wildman–Crippen MR) is 94.4 cm³/mol. The zero-order valence-electron chi connectivity index (χ0n) is 12.6. The number of halogens is 3. The average Bonchev–Trinajstić information content (AvgIpc) is 2.40. The van der Waals surface area contributed by atoms with Crippen molar-refractivity contribution < 1.29 is 8.78 Å². The second-order valence-corrected chi connectivity index (χ2v) is 4.66. The van der Waals surface area contributed by atoms with Gasteiger partial charge in [-0.3, -0.25) is 4.99 Å². The summed E-state index contributed by atoms with van der Waals surface area (Å²) in [4.78, 5) is 4.10. The van der Waals surface area contributed by atoms with Crippen molar-refractivity contribution in [1.82, 2.24) is 10.6 Å². The van der Waals surface area contributed by atoms with Crippen molar-refractivity contribution in [2.75, 3.05) is 20.1 Å². The third-order valence-corrected chi connectivity index (χ3v) is 2.92. The molecule has 0 saturated carbocycles. The highest BCUT2D eigenvalue weighted by atomic mass is 127. The van der Waals surface area contributed by atoms with E-state index in [1.165, 1.54) is 25.0 Å². The molecule has 0 unspecified atom stereocenters. The van der Waals surface area contributed by atoms with Crippen LogP contribution in [-0.2, 0) is 6.42 Å². The molecule has 0 heterocycles. The number of nitrogens with zero attached hydrogens (tertiary/aromatic N) is 1. The van der Waals surface area contributed by atoms with Crippen molar-refractivity contribution in [1.29, 1.82) is 0 Å². The molecule has 0 fully saturated rings. The fraction of sp³-hybridized carbons (Fsp3) is 0.533. The Hall–Kier alpha value is -0.920. The summed E-state index contributed by atoms with van der Waals surface area (Å²) in [6, 6.07) is 3.58. The van der Waals surface area contributed by atoms with Gasteiger partial charge in [0.05, 0.1) is 0 Å². The summed E-state index contributed by atoms with van der Waals surface area (Å²) >= 11 is 0. The molecular weight excluding hydrogens is 387 g/mol. The number of aliphatic imine (C=N–C) groups is 1. The van der Waals surface area contributed by atoms with Crippen LogP contribution in [0.15, 0.2) is 23.2 Å². The van der Waals surface area contributed by atoms with Crippen LogP contribution in [0.5, 0.6) is 0 Å². The maximum absolute atomic E-state index is 13.0. The molecule has 0 radical (unpaired) electrons. The van der Waals surface area contributed by atoms with Gasteiger partial charge in [-0.1, -0.05) is 19.8 Å². The molecule has 0 atom stereocenters. The summed E-state index contributed by atoms with van der Waals surface area (Å²) in [5.74, 6) is -0.359. The molecule has 21 heavy (non-hydrogen) atoms. The molecular formula is C15H24F2IN3. The molecule has 0 saturated heterocycles. The maximum atomic E-state index is 13.0. The number of benzene rings is 1. The van der Waals surface area contributed by atoms with Crippen LogP contribution in [0, 0.1) is 11.6 Å². The van der Waals surface area contributed by atoms with Crippen LogP contribution in [0.2, 0.25) is 0 Å². The Morgan fingerprint density at radius 3 is 2.24 bits per heavy atom. The molecule has 120 valence electrons. The highest BCUT2D eigenvalue weighted by molar-refractivity contribution is 14.0. The zero-order chi connectivity index (χ0) is 14.8. The van der Waals surface area contributed by atoms with Crippen molar-refractivity contribution in [3.05, 3.63) is 35.4 Å². The van der Waals surface area contributed by atoms with Gasteiger partial charge in [-0.25, -0.2) is 8.78 Å². The summed E-state index contributed by atoms with van der Waals surface area (Å²) in [6.07, 6.45) is 4.02. The minimum atomic E-state index is -0.540. The normalized spacial score (nSPS) is 11.0. The summed E-state index contributed by atoms with van der Waals surface area (Å²) in [6.45, 7) is 3.61. The van der Waals surface area contributed by atoms with Crippen LogP contribution in [-0.4, -0.2) is 26.1 Å². The van der Waals surface area contributed by atoms with E-state index in [1.54, 1.807) is 7.05 Å². The molecule has 0 aliphatic heterocycles. The quantitative estimate of drug-likeness (QED) is 0.312. The number of guanidine groups is 1. The highest BCUT2D eigenvalue weighted by Gasteiger charge is 2.01. The van der Waals surface area contributed by atoms with Crippen LogP contribution in [0.4, 0.5) is 8.78 Å². The first-order chi connectivity index (χ1) is 9.65. The monoisotopic (exact) mass is 411 g/mol. The van der Waals surface area contributed by atoms with E-state index in [-0.39, 0.29) is 24.0 Å². The summed E-state index contributed by atoms with van der Waals surface area (Å²) < 4.78 is 26.0. The van der Waals surface area contributed by atoms with Gasteiger partial charge in [0.15, 0.2) is 5.96 Å². The third-order valence-electron chi connectivity index (χ3n) is 2.92. The van der Waals surface area contributed by atoms with Crippen LogP contribution in [0.1, 0.15) is 31.7 Å². The van der Waals surface area contributed by atoms with Crippen molar-refractivity contribution in [3.63, 3.8) is 0 Å². The summed E-state index contributed by atoms with van der Waals surface area (Å²) in [7, 11) is 1.71. The van der Waals surface area contributed by atoms with Gasteiger partial charge in [0.1, 0.15) is 11.6 Å². The molecule has 2 N–H and O–H groups in total. The Labute approximate surface area is 142 Å². The van der Waals surface area contributed by atoms with E-state index in [4.69, 9.17) is 0 Å². The minimum Gasteiger partial charge on any atom is -0.356 e. The molecule has 1 aromatic carbocycles. The number of hydrogen-bond acceptors (Lipinski definition) is 1. The first kappa shape index (κ1) is 20.1. The first-order valence-corrected chi connectivity index (χ1v) is 7.05. The molecule has 0 amide bonds. The van der Waals surface area contributed by atoms with Gasteiger partial charge in [-0.05, 0) is 30.5 Å². The lowest BCUT2D eigenvalue weighted by molar-refractivity contribution is 0.579. The van der Waals surface area contributed by atoms with Crippen molar-refractivity contribution >= 4 is 29.9 Å². The fourth-order valence-electron chi connectivity index (χ4n) is 1.88. The van der Waals surface area contributed by atoms with Crippen molar-refractivity contribution in [3.8, 4) is 0 Å². The Bertz CT molecular complexity index is 419. The second-order valence-electron chi connectivity index (χ2n) is 4.66. The van der Waals surface area contributed by atoms with Crippen LogP contribution >= 0.6 is 24.0 Å². The van der Waals surface area contributed by atoms with E-state index in [0.717, 1.165) is 25.0 Å². The molecule has 0 spiro atoms. The molecule has 6 heteroatoms. The van der Waals surface area contributed by atoms with Crippen LogP contribution < -0.4 is 10.6 Å². The number of rotatable bonds is 7. The van der Waals surface area contributed by atoms with E-state index < -0.39 is 11.6 Å². The predicted octanol–water partition coefficient (Wildman–Crippen LogP) is 3.48. The minimum absolute atomic E-state index is 0. The lowest BCUT2D eigenvalue weighted by atomic mass is 10.1.